The van der Waals surface area contributed by atoms with Crippen LogP contribution >= 0.6 is 0 Å². The molecule has 0 saturated carbocycles. The van der Waals surface area contributed by atoms with Crippen LogP contribution in [0, 0.1) is 25.2 Å². The highest BCUT2D eigenvalue weighted by Crippen LogP contribution is 2.20. The van der Waals surface area contributed by atoms with Crippen LogP contribution in [0.25, 0.3) is 6.08 Å². The minimum atomic E-state index is -0.206. The molecular weight excluding hydrogens is 290 g/mol. The zero-order chi connectivity index (χ0) is 17.0. The first-order valence-corrected chi connectivity index (χ1v) is 8.17. The molecule has 2 rings (SSSR count). The highest BCUT2D eigenvalue weighted by Gasteiger charge is 2.24. The van der Waals surface area contributed by atoms with Crippen LogP contribution in [0.5, 0.6) is 0 Å². The van der Waals surface area contributed by atoms with Crippen LogP contribution in [0.4, 0.5) is 0 Å². The van der Waals surface area contributed by atoms with Gasteiger partial charge in [0.15, 0.2) is 0 Å². The van der Waals surface area contributed by atoms with Crippen LogP contribution in [0.2, 0.25) is 0 Å². The first kappa shape index (κ1) is 17.3. The van der Waals surface area contributed by atoms with Gasteiger partial charge in [0.2, 0.25) is 0 Å². The van der Waals surface area contributed by atoms with Gasteiger partial charge in [-0.2, -0.15) is 5.26 Å². The van der Waals surface area contributed by atoms with E-state index in [2.05, 4.69) is 24.5 Å². The number of nitrogens with zero attached hydrogens (tertiary/aromatic N) is 3. The van der Waals surface area contributed by atoms with Gasteiger partial charge < -0.3 is 14.2 Å². The molecule has 0 bridgehead atoms. The topological polar surface area (TPSA) is 58.3 Å². The summed E-state index contributed by atoms with van der Waals surface area (Å²) in [6, 6.07) is 4.11. The van der Waals surface area contributed by atoms with Gasteiger partial charge in [0, 0.05) is 31.0 Å². The summed E-state index contributed by atoms with van der Waals surface area (Å²) in [7, 11) is 0. The number of hydrogen-bond acceptors (Lipinski definition) is 3. The van der Waals surface area contributed by atoms with Crippen molar-refractivity contribution < 1.29 is 9.53 Å². The van der Waals surface area contributed by atoms with E-state index >= 15 is 0 Å². The molecule has 0 spiro atoms. The van der Waals surface area contributed by atoms with Gasteiger partial charge in [-0.05, 0) is 44.9 Å². The molecule has 23 heavy (non-hydrogen) atoms. The minimum Gasteiger partial charge on any atom is -0.375 e. The second kappa shape index (κ2) is 7.47. The van der Waals surface area contributed by atoms with E-state index < -0.39 is 0 Å². The first-order valence-electron chi connectivity index (χ1n) is 8.17. The molecule has 0 N–H and O–H groups in total. The Morgan fingerprint density at radius 1 is 1.52 bits per heavy atom. The minimum absolute atomic E-state index is 0.0160. The fourth-order valence-electron chi connectivity index (χ4n) is 3.01. The van der Waals surface area contributed by atoms with Gasteiger partial charge in [-0.25, -0.2) is 0 Å². The number of rotatable bonds is 4. The Bertz CT molecular complexity index is 652. The van der Waals surface area contributed by atoms with Crippen molar-refractivity contribution in [2.75, 3.05) is 19.7 Å². The van der Waals surface area contributed by atoms with Gasteiger partial charge in [0.25, 0.3) is 5.91 Å². The predicted molar refractivity (Wildman–Crippen MR) is 89.8 cm³/mol. The molecule has 0 radical (unpaired) electrons. The summed E-state index contributed by atoms with van der Waals surface area (Å²) in [5, 5.41) is 9.42. The molecule has 1 aliphatic heterocycles. The van der Waals surface area contributed by atoms with Gasteiger partial charge in [-0.3, -0.25) is 4.79 Å². The van der Waals surface area contributed by atoms with E-state index in [4.69, 9.17) is 4.74 Å². The molecule has 5 nitrogen and oxygen atoms in total. The molecule has 1 unspecified atom stereocenters. The van der Waals surface area contributed by atoms with E-state index in [0.717, 1.165) is 29.9 Å². The molecule has 0 aromatic carbocycles. The van der Waals surface area contributed by atoms with Crippen molar-refractivity contribution in [3.05, 3.63) is 28.6 Å². The number of amides is 1. The van der Waals surface area contributed by atoms with E-state index in [9.17, 15) is 10.1 Å². The van der Waals surface area contributed by atoms with Crippen molar-refractivity contribution in [2.45, 2.75) is 46.8 Å². The molecule has 1 saturated heterocycles. The predicted octanol–water partition coefficient (Wildman–Crippen LogP) is 2.67. The molecule has 1 aliphatic rings. The molecule has 1 amide bonds. The van der Waals surface area contributed by atoms with Crippen LogP contribution in [-0.2, 0) is 16.1 Å². The van der Waals surface area contributed by atoms with Crippen molar-refractivity contribution in [3.63, 3.8) is 0 Å². The first-order chi connectivity index (χ1) is 11.0. The summed E-state index contributed by atoms with van der Waals surface area (Å²) in [5.74, 6) is -0.206. The van der Waals surface area contributed by atoms with Crippen molar-refractivity contribution >= 4 is 12.0 Å². The van der Waals surface area contributed by atoms with Crippen LogP contribution in [-0.4, -0.2) is 41.2 Å². The van der Waals surface area contributed by atoms with Crippen molar-refractivity contribution in [1.29, 1.82) is 5.26 Å². The summed E-state index contributed by atoms with van der Waals surface area (Å²) in [5.41, 5.74) is 3.39. The normalized spacial score (nSPS) is 18.8. The molecule has 2 heterocycles. The summed E-state index contributed by atoms with van der Waals surface area (Å²) in [4.78, 5) is 14.3. The second-order valence-corrected chi connectivity index (χ2v) is 6.08. The van der Waals surface area contributed by atoms with Crippen molar-refractivity contribution in [2.24, 2.45) is 0 Å². The zero-order valence-electron chi connectivity index (χ0n) is 14.4. The third-order valence-corrected chi connectivity index (χ3v) is 4.24. The number of carbonyl (C=O) groups excluding carboxylic acids is 1. The number of aryl methyl sites for hydroxylation is 1. The highest BCUT2D eigenvalue weighted by atomic mass is 16.5. The van der Waals surface area contributed by atoms with Crippen LogP contribution in [0.3, 0.4) is 0 Å². The van der Waals surface area contributed by atoms with Crippen LogP contribution in [0.15, 0.2) is 11.6 Å². The van der Waals surface area contributed by atoms with Gasteiger partial charge in [0.05, 0.1) is 12.7 Å². The summed E-state index contributed by atoms with van der Waals surface area (Å²) in [6.45, 7) is 10.7. The fourth-order valence-corrected chi connectivity index (χ4v) is 3.01. The quantitative estimate of drug-likeness (QED) is 0.634. The fraction of sp³-hybridized carbons (Fsp3) is 0.556. The van der Waals surface area contributed by atoms with Gasteiger partial charge in [0.1, 0.15) is 11.6 Å². The number of aromatic nitrogens is 1. The highest BCUT2D eigenvalue weighted by molar-refractivity contribution is 6.01. The SMILES string of the molecule is CCCn1c(C)cc(/C=C(\C#N)C(=O)N2CCOC(C)C2)c1C. The Morgan fingerprint density at radius 2 is 2.26 bits per heavy atom. The second-order valence-electron chi connectivity index (χ2n) is 6.08. The molecule has 1 atom stereocenters. The molecule has 124 valence electrons. The number of hydrogen-bond donors (Lipinski definition) is 0. The van der Waals surface area contributed by atoms with Gasteiger partial charge >= 0.3 is 0 Å². The molecule has 5 heteroatoms. The molecule has 1 aromatic heterocycles. The summed E-state index contributed by atoms with van der Waals surface area (Å²) >= 11 is 0. The van der Waals surface area contributed by atoms with Crippen molar-refractivity contribution in [1.82, 2.24) is 9.47 Å². The number of carbonyl (C=O) groups is 1. The zero-order valence-corrected chi connectivity index (χ0v) is 14.4. The molecule has 1 aromatic rings. The van der Waals surface area contributed by atoms with E-state index in [0.29, 0.717) is 19.7 Å². The average Bonchev–Trinajstić information content (AvgIpc) is 2.80. The average molecular weight is 315 g/mol. The molecular formula is C18H25N3O2. The monoisotopic (exact) mass is 315 g/mol. The van der Waals surface area contributed by atoms with Gasteiger partial charge in [-0.1, -0.05) is 6.92 Å². The number of nitriles is 1. The third-order valence-electron chi connectivity index (χ3n) is 4.24. The Kier molecular flexibility index (Phi) is 5.62. The van der Waals surface area contributed by atoms with E-state index in [1.54, 1.807) is 11.0 Å². The Hall–Kier alpha value is -2.06. The lowest BCUT2D eigenvalue weighted by Gasteiger charge is -2.30. The Morgan fingerprint density at radius 3 is 2.87 bits per heavy atom. The maximum atomic E-state index is 12.6. The summed E-state index contributed by atoms with van der Waals surface area (Å²) in [6.07, 6.45) is 2.79. The van der Waals surface area contributed by atoms with Gasteiger partial charge in [-0.15, -0.1) is 0 Å². The maximum Gasteiger partial charge on any atom is 0.264 e. The number of ether oxygens (including phenoxy) is 1. The third kappa shape index (κ3) is 3.83. The largest absolute Gasteiger partial charge is 0.375 e. The molecule has 1 fully saturated rings. The van der Waals surface area contributed by atoms with E-state index in [-0.39, 0.29) is 17.6 Å². The Labute approximate surface area is 138 Å². The Balaban J connectivity index is 2.27. The van der Waals surface area contributed by atoms with Crippen LogP contribution < -0.4 is 0 Å². The smallest absolute Gasteiger partial charge is 0.264 e. The van der Waals surface area contributed by atoms with E-state index in [1.165, 1.54) is 0 Å². The maximum absolute atomic E-state index is 12.6. The lowest BCUT2D eigenvalue weighted by Crippen LogP contribution is -2.44. The lowest BCUT2D eigenvalue weighted by atomic mass is 10.1. The summed E-state index contributed by atoms with van der Waals surface area (Å²) < 4.78 is 7.68. The van der Waals surface area contributed by atoms with Crippen LogP contribution in [0.1, 0.15) is 37.2 Å². The molecule has 0 aliphatic carbocycles. The standard InChI is InChI=1S/C18H25N3O2/c1-5-6-21-13(2)9-16(15(21)4)10-17(11-19)18(22)20-7-8-23-14(3)12-20/h9-10,14H,5-8,12H2,1-4H3/b17-10+. The lowest BCUT2D eigenvalue weighted by molar-refractivity contribution is -0.133. The van der Waals surface area contributed by atoms with E-state index in [1.807, 2.05) is 19.9 Å². The van der Waals surface area contributed by atoms with Crippen molar-refractivity contribution in [3.8, 4) is 6.07 Å². The number of morpholine rings is 1.